The molecule has 1 saturated carbocycles. The van der Waals surface area contributed by atoms with Crippen LogP contribution < -0.4 is 0 Å². The number of aliphatic hydroxyl groups is 6. The number of ether oxygens (including phenoxy) is 2. The van der Waals surface area contributed by atoms with Crippen LogP contribution in [0.15, 0.2) is 72.9 Å². The summed E-state index contributed by atoms with van der Waals surface area (Å²) in [5, 5.41) is 60.1. The third kappa shape index (κ3) is 30.5. The number of hydrogen-bond donors (Lipinski definition) is 7. The maximum absolute atomic E-state index is 12.8. The molecular weight excluding hydrogens is 843 g/mol. The topological polar surface area (TPSA) is 230 Å². The fourth-order valence-corrected chi connectivity index (χ4v) is 7.69. The highest BCUT2D eigenvalue weighted by atomic mass is 31.2. The molecule has 0 heterocycles. The number of rotatable bonds is 38. The second-order valence-electron chi connectivity index (χ2n) is 16.5. The molecule has 14 nitrogen and oxygen atoms in total. The lowest BCUT2D eigenvalue weighted by Gasteiger charge is -2.41. The number of esters is 2. The molecule has 9 atom stereocenters. The van der Waals surface area contributed by atoms with E-state index in [0.717, 1.165) is 96.3 Å². The van der Waals surface area contributed by atoms with Crippen LogP contribution in [0.4, 0.5) is 0 Å². The zero-order chi connectivity index (χ0) is 47.3. The number of phosphoric ester groups is 1. The van der Waals surface area contributed by atoms with E-state index in [9.17, 15) is 49.7 Å². The number of aliphatic hydroxyl groups excluding tert-OH is 6. The average Bonchev–Trinajstić information content (AvgIpc) is 3.27. The van der Waals surface area contributed by atoms with E-state index < -0.39 is 81.8 Å². The zero-order valence-electron chi connectivity index (χ0n) is 38.7. The van der Waals surface area contributed by atoms with E-state index in [1.54, 1.807) is 6.08 Å². The molecule has 64 heavy (non-hydrogen) atoms. The lowest BCUT2D eigenvalue weighted by Crippen LogP contribution is -2.64. The maximum Gasteiger partial charge on any atom is 0.472 e. The minimum Gasteiger partial charge on any atom is -0.462 e. The first-order valence-electron chi connectivity index (χ1n) is 23.8. The maximum atomic E-state index is 12.8. The van der Waals surface area contributed by atoms with Gasteiger partial charge in [-0.1, -0.05) is 151 Å². The Balaban J connectivity index is 2.51. The van der Waals surface area contributed by atoms with Crippen molar-refractivity contribution in [2.45, 2.75) is 210 Å². The van der Waals surface area contributed by atoms with Gasteiger partial charge in [0, 0.05) is 12.8 Å². The molecule has 15 heteroatoms. The summed E-state index contributed by atoms with van der Waals surface area (Å²) in [6.07, 6.45) is 31.3. The van der Waals surface area contributed by atoms with Crippen molar-refractivity contribution in [1.82, 2.24) is 0 Å². The Kier molecular flexibility index (Phi) is 35.5. The SMILES string of the molecule is CCCCC/C=C\C/C=C\CCCCCCCCCC(=O)O[C@H](COC(=O)CCC/C=C\C/C=C\C/C=C\C=C\[C@H](O)CCCCC)COP(=O)(O)OC1[C@H](O)[C@H](O)C(O)[C@H](O)[C@H]1O. The molecule has 3 unspecified atom stereocenters. The molecule has 0 aromatic carbocycles. The molecule has 1 rings (SSSR count). The molecule has 0 radical (unpaired) electrons. The Morgan fingerprint density at radius 3 is 1.66 bits per heavy atom. The van der Waals surface area contributed by atoms with Gasteiger partial charge in [0.2, 0.25) is 0 Å². The average molecular weight is 927 g/mol. The van der Waals surface area contributed by atoms with Crippen LogP contribution >= 0.6 is 7.82 Å². The van der Waals surface area contributed by atoms with E-state index in [4.69, 9.17) is 18.5 Å². The van der Waals surface area contributed by atoms with Crippen molar-refractivity contribution in [3.8, 4) is 0 Å². The van der Waals surface area contributed by atoms with E-state index in [2.05, 4.69) is 38.2 Å². The standard InChI is InChI=1S/C49H83O14P/c1-3-5-7-8-9-10-11-12-13-14-15-16-19-23-26-29-33-37-43(52)62-41(39-61-64(58,59)63-49-47(56)45(54)44(53)46(55)48(49)57)38-60-42(51)36-32-28-25-22-20-17-18-21-24-27-31-35-40(50)34-30-6-4-2/h9-10,12-13,17-18,22,24-25,27,31,35,40-41,44-50,53-57H,3-8,11,14-16,19-21,23,26,28-30,32-34,36-39H2,1-2H3,(H,58,59)/b10-9-,13-12-,18-17-,25-22-,27-24-,35-31+/t40-,41-,44?,45-,46+,47-,48-,49?/m1/s1. The van der Waals surface area contributed by atoms with Gasteiger partial charge in [-0.15, -0.1) is 0 Å². The number of carbonyl (C=O) groups excluding carboxylic acids is 2. The first-order chi connectivity index (χ1) is 30.8. The molecule has 1 aliphatic rings. The highest BCUT2D eigenvalue weighted by molar-refractivity contribution is 7.47. The third-order valence-corrected chi connectivity index (χ3v) is 11.6. The summed E-state index contributed by atoms with van der Waals surface area (Å²) in [6, 6.07) is 0. The quantitative estimate of drug-likeness (QED) is 0.0101. The molecular formula is C49H83O14P. The summed E-state index contributed by atoms with van der Waals surface area (Å²) in [7, 11) is -5.15. The van der Waals surface area contributed by atoms with E-state index in [1.807, 2.05) is 42.5 Å². The molecule has 1 aliphatic carbocycles. The number of unbranched alkanes of at least 4 members (excludes halogenated alkanes) is 13. The highest BCUT2D eigenvalue weighted by Crippen LogP contribution is 2.47. The molecule has 368 valence electrons. The van der Waals surface area contributed by atoms with E-state index in [0.29, 0.717) is 19.3 Å². The molecule has 7 N–H and O–H groups in total. The highest BCUT2D eigenvalue weighted by Gasteiger charge is 2.51. The second kappa shape index (κ2) is 38.4. The van der Waals surface area contributed by atoms with Crippen LogP contribution in [-0.4, -0.2) is 110 Å². The number of allylic oxidation sites excluding steroid dienone is 11. The Hall–Kier alpha value is -2.75. The summed E-state index contributed by atoms with van der Waals surface area (Å²) >= 11 is 0. The van der Waals surface area contributed by atoms with Gasteiger partial charge < -0.3 is 45.0 Å². The van der Waals surface area contributed by atoms with Crippen LogP contribution in [0.2, 0.25) is 0 Å². The van der Waals surface area contributed by atoms with Crippen molar-refractivity contribution < 1.29 is 68.2 Å². The fraction of sp³-hybridized carbons (Fsp3) is 0.714. The first-order valence-corrected chi connectivity index (χ1v) is 25.3. The zero-order valence-corrected chi connectivity index (χ0v) is 39.6. The first kappa shape index (κ1) is 59.3. The summed E-state index contributed by atoms with van der Waals surface area (Å²) in [5.74, 6) is -1.21. The van der Waals surface area contributed by atoms with Gasteiger partial charge in [-0.2, -0.15) is 0 Å². The van der Waals surface area contributed by atoms with Gasteiger partial charge in [-0.25, -0.2) is 4.57 Å². The lowest BCUT2D eigenvalue weighted by atomic mass is 9.85. The van der Waals surface area contributed by atoms with Gasteiger partial charge in [0.25, 0.3) is 0 Å². The molecule has 0 amide bonds. The molecule has 0 bridgehead atoms. The van der Waals surface area contributed by atoms with Crippen LogP contribution in [0.3, 0.4) is 0 Å². The van der Waals surface area contributed by atoms with Crippen molar-refractivity contribution in [2.75, 3.05) is 13.2 Å². The van der Waals surface area contributed by atoms with Crippen LogP contribution in [0.5, 0.6) is 0 Å². The number of carbonyl (C=O) groups is 2. The molecule has 0 saturated heterocycles. The minimum atomic E-state index is -5.15. The van der Waals surface area contributed by atoms with Crippen LogP contribution in [-0.2, 0) is 32.7 Å². The fourth-order valence-electron chi connectivity index (χ4n) is 6.71. The van der Waals surface area contributed by atoms with E-state index in [1.165, 1.54) is 19.3 Å². The van der Waals surface area contributed by atoms with Gasteiger partial charge in [0.05, 0.1) is 12.7 Å². The van der Waals surface area contributed by atoms with Crippen LogP contribution in [0.1, 0.15) is 162 Å². The minimum absolute atomic E-state index is 0.0635. The van der Waals surface area contributed by atoms with E-state index in [-0.39, 0.29) is 12.8 Å². The van der Waals surface area contributed by atoms with Crippen molar-refractivity contribution in [3.05, 3.63) is 72.9 Å². The molecule has 0 aliphatic heterocycles. The Morgan fingerprint density at radius 1 is 0.562 bits per heavy atom. The Bertz CT molecular complexity index is 1410. The smallest absolute Gasteiger partial charge is 0.462 e. The van der Waals surface area contributed by atoms with Crippen molar-refractivity contribution in [3.63, 3.8) is 0 Å². The van der Waals surface area contributed by atoms with Gasteiger partial charge in [-0.05, 0) is 70.6 Å². The van der Waals surface area contributed by atoms with E-state index >= 15 is 0 Å². The van der Waals surface area contributed by atoms with Crippen molar-refractivity contribution in [1.29, 1.82) is 0 Å². The third-order valence-electron chi connectivity index (χ3n) is 10.6. The summed E-state index contributed by atoms with van der Waals surface area (Å²) in [4.78, 5) is 35.7. The monoisotopic (exact) mass is 927 g/mol. The molecule has 0 aromatic rings. The van der Waals surface area contributed by atoms with Gasteiger partial charge in [0.15, 0.2) is 6.10 Å². The molecule has 1 fully saturated rings. The van der Waals surface area contributed by atoms with Gasteiger partial charge >= 0.3 is 19.8 Å². The normalized spacial score (nSPS) is 22.7. The Labute approximate surface area is 383 Å². The Morgan fingerprint density at radius 2 is 1.05 bits per heavy atom. The summed E-state index contributed by atoms with van der Waals surface area (Å²) < 4.78 is 33.5. The number of phosphoric acid groups is 1. The van der Waals surface area contributed by atoms with Gasteiger partial charge in [-0.3, -0.25) is 18.6 Å². The summed E-state index contributed by atoms with van der Waals surface area (Å²) in [6.45, 7) is 3.09. The predicted octanol–water partition coefficient (Wildman–Crippen LogP) is 8.47. The summed E-state index contributed by atoms with van der Waals surface area (Å²) in [5.41, 5.74) is 0. The van der Waals surface area contributed by atoms with Crippen LogP contribution in [0.25, 0.3) is 0 Å². The molecule has 0 spiro atoms. The van der Waals surface area contributed by atoms with Gasteiger partial charge in [0.1, 0.15) is 43.2 Å². The van der Waals surface area contributed by atoms with Crippen molar-refractivity contribution in [2.24, 2.45) is 0 Å². The van der Waals surface area contributed by atoms with Crippen molar-refractivity contribution >= 4 is 19.8 Å². The largest absolute Gasteiger partial charge is 0.472 e. The number of hydrogen-bond acceptors (Lipinski definition) is 13. The second-order valence-corrected chi connectivity index (χ2v) is 17.9. The molecule has 0 aromatic heterocycles. The lowest BCUT2D eigenvalue weighted by molar-refractivity contribution is -0.220. The van der Waals surface area contributed by atoms with Crippen LogP contribution in [0, 0.1) is 0 Å². The predicted molar refractivity (Wildman–Crippen MR) is 250 cm³/mol.